The molecule has 3 rings (SSSR count). The van der Waals surface area contributed by atoms with Crippen LogP contribution in [0.25, 0.3) is 6.08 Å². The average Bonchev–Trinajstić information content (AvgIpc) is 3.06. The van der Waals surface area contributed by atoms with Crippen LogP contribution in [0.4, 0.5) is 0 Å². The zero-order valence-corrected chi connectivity index (χ0v) is 12.7. The molecule has 1 aliphatic heterocycles. The molecule has 4 nitrogen and oxygen atoms in total. The van der Waals surface area contributed by atoms with Gasteiger partial charge in [-0.15, -0.1) is 0 Å². The molecule has 1 aliphatic carbocycles. The van der Waals surface area contributed by atoms with Crippen LogP contribution in [0.1, 0.15) is 43.6 Å². The molecule has 2 atom stereocenters. The Labute approximate surface area is 125 Å². The van der Waals surface area contributed by atoms with Crippen molar-refractivity contribution < 1.29 is 13.9 Å². The van der Waals surface area contributed by atoms with Gasteiger partial charge < -0.3 is 14.1 Å². The van der Waals surface area contributed by atoms with Crippen LogP contribution < -0.4 is 0 Å². The van der Waals surface area contributed by atoms with E-state index in [1.165, 1.54) is 6.42 Å². The van der Waals surface area contributed by atoms with Crippen LogP contribution in [-0.4, -0.2) is 37.1 Å². The van der Waals surface area contributed by atoms with Gasteiger partial charge in [0.25, 0.3) is 0 Å². The summed E-state index contributed by atoms with van der Waals surface area (Å²) in [5.74, 6) is 3.19. The number of hydrogen-bond acceptors (Lipinski definition) is 3. The molecule has 1 aromatic rings. The third-order valence-corrected chi connectivity index (χ3v) is 4.60. The van der Waals surface area contributed by atoms with Crippen molar-refractivity contribution in [1.29, 1.82) is 0 Å². The maximum atomic E-state index is 12.1. The van der Waals surface area contributed by atoms with Crippen LogP contribution >= 0.6 is 0 Å². The van der Waals surface area contributed by atoms with Crippen molar-refractivity contribution in [3.63, 3.8) is 0 Å². The maximum absolute atomic E-state index is 12.1. The topological polar surface area (TPSA) is 42.7 Å². The summed E-state index contributed by atoms with van der Waals surface area (Å²) < 4.78 is 11.1. The molecular weight excluding hydrogens is 266 g/mol. The van der Waals surface area contributed by atoms with E-state index in [9.17, 15) is 4.79 Å². The Morgan fingerprint density at radius 1 is 1.38 bits per heavy atom. The van der Waals surface area contributed by atoms with Gasteiger partial charge in [0.15, 0.2) is 0 Å². The van der Waals surface area contributed by atoms with E-state index in [1.807, 2.05) is 17.0 Å². The number of ether oxygens (including phenoxy) is 1. The van der Waals surface area contributed by atoms with E-state index < -0.39 is 0 Å². The summed E-state index contributed by atoms with van der Waals surface area (Å²) in [5, 5.41) is 0. The van der Waals surface area contributed by atoms with Crippen LogP contribution in [0.3, 0.4) is 0 Å². The van der Waals surface area contributed by atoms with Gasteiger partial charge in [-0.3, -0.25) is 4.79 Å². The first kappa shape index (κ1) is 14.4. The molecule has 2 aliphatic rings. The fraction of sp³-hybridized carbons (Fsp3) is 0.588. The molecule has 0 spiro atoms. The molecule has 2 fully saturated rings. The van der Waals surface area contributed by atoms with Crippen molar-refractivity contribution in [3.05, 3.63) is 29.7 Å². The molecule has 0 radical (unpaired) electrons. The number of furan rings is 1. The average molecular weight is 289 g/mol. The Bertz CT molecular complexity index is 526. The van der Waals surface area contributed by atoms with E-state index in [1.54, 1.807) is 19.3 Å². The van der Waals surface area contributed by atoms with Crippen molar-refractivity contribution >= 4 is 12.0 Å². The number of carbonyl (C=O) groups is 1. The van der Waals surface area contributed by atoms with E-state index in [4.69, 9.17) is 9.15 Å². The van der Waals surface area contributed by atoms with Crippen molar-refractivity contribution in [1.82, 2.24) is 4.90 Å². The summed E-state index contributed by atoms with van der Waals surface area (Å²) in [4.78, 5) is 14.0. The molecular formula is C17H23NO3. The minimum atomic E-state index is 0.0577. The van der Waals surface area contributed by atoms with Crippen LogP contribution in [0.5, 0.6) is 0 Å². The molecule has 0 aromatic carbocycles. The molecule has 2 unspecified atom stereocenters. The summed E-state index contributed by atoms with van der Waals surface area (Å²) >= 11 is 0. The number of amides is 1. The second-order valence-corrected chi connectivity index (χ2v) is 6.15. The molecule has 1 amide bonds. The molecule has 2 heterocycles. The second-order valence-electron chi connectivity index (χ2n) is 6.15. The van der Waals surface area contributed by atoms with Crippen molar-refractivity contribution in [2.45, 2.75) is 38.2 Å². The number of nitrogens with zero attached hydrogens (tertiary/aromatic N) is 1. The number of methoxy groups -OCH3 is 1. The lowest BCUT2D eigenvalue weighted by Crippen LogP contribution is -2.39. The summed E-state index contributed by atoms with van der Waals surface area (Å²) in [6, 6.07) is 3.98. The first-order valence-electron chi connectivity index (χ1n) is 7.77. The number of hydrogen-bond donors (Lipinski definition) is 0. The van der Waals surface area contributed by atoms with Crippen molar-refractivity contribution in [2.75, 3.05) is 20.2 Å². The number of likely N-dealkylation sites (tertiary alicyclic amines) is 1. The van der Waals surface area contributed by atoms with Crippen LogP contribution in [-0.2, 0) is 9.53 Å². The highest BCUT2D eigenvalue weighted by molar-refractivity contribution is 5.91. The standard InChI is InChI=1S/C17H23NO3/c1-12-11-15(12)16-5-3-14(21-16)4-6-17(19)18-9-7-13(20-2)8-10-18/h3-6,12-13,15H,7-11H2,1-2H3/b6-4+. The van der Waals surface area contributed by atoms with Gasteiger partial charge in [0.05, 0.1) is 6.10 Å². The summed E-state index contributed by atoms with van der Waals surface area (Å²) in [6.45, 7) is 3.77. The van der Waals surface area contributed by atoms with Gasteiger partial charge in [-0.05, 0) is 43.4 Å². The van der Waals surface area contributed by atoms with Gasteiger partial charge in [-0.25, -0.2) is 0 Å². The minimum Gasteiger partial charge on any atom is -0.461 e. The normalized spacial score (nSPS) is 26.5. The van der Waals surface area contributed by atoms with Gasteiger partial charge in [0, 0.05) is 32.2 Å². The maximum Gasteiger partial charge on any atom is 0.246 e. The van der Waals surface area contributed by atoms with E-state index >= 15 is 0 Å². The highest BCUT2D eigenvalue weighted by Gasteiger charge is 2.36. The Morgan fingerprint density at radius 2 is 2.10 bits per heavy atom. The molecule has 21 heavy (non-hydrogen) atoms. The SMILES string of the molecule is COC1CCN(C(=O)/C=C/c2ccc(C3CC3C)o2)CC1. The fourth-order valence-electron chi connectivity index (χ4n) is 2.95. The highest BCUT2D eigenvalue weighted by Crippen LogP contribution is 2.47. The molecule has 0 N–H and O–H groups in total. The first-order valence-corrected chi connectivity index (χ1v) is 7.77. The van der Waals surface area contributed by atoms with Gasteiger partial charge >= 0.3 is 0 Å². The zero-order chi connectivity index (χ0) is 14.8. The van der Waals surface area contributed by atoms with Crippen molar-refractivity contribution in [2.24, 2.45) is 5.92 Å². The van der Waals surface area contributed by atoms with E-state index in [0.717, 1.165) is 43.4 Å². The molecule has 1 aromatic heterocycles. The Morgan fingerprint density at radius 3 is 2.71 bits per heavy atom. The third kappa shape index (κ3) is 3.38. The lowest BCUT2D eigenvalue weighted by Gasteiger charge is -2.30. The highest BCUT2D eigenvalue weighted by atomic mass is 16.5. The Balaban J connectivity index is 1.53. The van der Waals surface area contributed by atoms with Gasteiger partial charge in [0.2, 0.25) is 5.91 Å². The van der Waals surface area contributed by atoms with Crippen LogP contribution in [0.15, 0.2) is 22.6 Å². The summed E-state index contributed by atoms with van der Waals surface area (Å²) in [6.07, 6.45) is 6.74. The largest absolute Gasteiger partial charge is 0.461 e. The van der Waals surface area contributed by atoms with E-state index in [0.29, 0.717) is 12.0 Å². The van der Waals surface area contributed by atoms with Crippen LogP contribution in [0, 0.1) is 5.92 Å². The molecule has 1 saturated heterocycles. The lowest BCUT2D eigenvalue weighted by atomic mass is 10.1. The van der Waals surface area contributed by atoms with E-state index in [2.05, 4.69) is 6.92 Å². The smallest absolute Gasteiger partial charge is 0.246 e. The summed E-state index contributed by atoms with van der Waals surface area (Å²) in [5.41, 5.74) is 0. The quantitative estimate of drug-likeness (QED) is 0.800. The molecule has 4 heteroatoms. The van der Waals surface area contributed by atoms with Gasteiger partial charge in [0.1, 0.15) is 11.5 Å². The number of piperidine rings is 1. The predicted octanol–water partition coefficient (Wildman–Crippen LogP) is 3.05. The lowest BCUT2D eigenvalue weighted by molar-refractivity contribution is -0.128. The number of carbonyl (C=O) groups excluding carboxylic acids is 1. The molecule has 114 valence electrons. The minimum absolute atomic E-state index is 0.0577. The van der Waals surface area contributed by atoms with Crippen molar-refractivity contribution in [3.8, 4) is 0 Å². The number of rotatable bonds is 4. The Hall–Kier alpha value is -1.55. The van der Waals surface area contributed by atoms with Crippen LogP contribution in [0.2, 0.25) is 0 Å². The molecule has 0 bridgehead atoms. The monoisotopic (exact) mass is 289 g/mol. The first-order chi connectivity index (χ1) is 10.2. The zero-order valence-electron chi connectivity index (χ0n) is 12.7. The third-order valence-electron chi connectivity index (χ3n) is 4.60. The predicted molar refractivity (Wildman–Crippen MR) is 80.9 cm³/mol. The van der Waals surface area contributed by atoms with Gasteiger partial charge in [-0.1, -0.05) is 6.92 Å². The summed E-state index contributed by atoms with van der Waals surface area (Å²) in [7, 11) is 1.73. The Kier molecular flexibility index (Phi) is 4.15. The molecule has 1 saturated carbocycles. The van der Waals surface area contributed by atoms with E-state index in [-0.39, 0.29) is 5.91 Å². The fourth-order valence-corrected chi connectivity index (χ4v) is 2.95. The second kappa shape index (κ2) is 6.06. The van der Waals surface area contributed by atoms with Gasteiger partial charge in [-0.2, -0.15) is 0 Å².